The average molecular weight is 498 g/mol. The normalized spacial score (nSPS) is 22.2. The topological polar surface area (TPSA) is 113 Å². The fraction of sp³-hybridized carbons (Fsp3) is 0.519. The Hall–Kier alpha value is -3.38. The monoisotopic (exact) mass is 497 g/mol. The second-order valence-corrected chi connectivity index (χ2v) is 9.46. The van der Waals surface area contributed by atoms with Crippen LogP contribution in [0, 0.1) is 23.7 Å². The molecule has 9 heteroatoms. The van der Waals surface area contributed by atoms with Crippen LogP contribution in [0.1, 0.15) is 56.0 Å². The van der Waals surface area contributed by atoms with Crippen LogP contribution in [0.4, 0.5) is 4.39 Å². The number of halogens is 1. The number of hydrogen-bond acceptors (Lipinski definition) is 6. The number of carbonyl (C=O) groups excluding carboxylic acids is 2. The largest absolute Gasteiger partial charge is 0.490 e. The zero-order chi connectivity index (χ0) is 25.8. The maximum Gasteiger partial charge on any atom is 0.255 e. The molecule has 192 valence electrons. The summed E-state index contributed by atoms with van der Waals surface area (Å²) < 4.78 is 31.5. The van der Waals surface area contributed by atoms with E-state index in [0.717, 1.165) is 12.8 Å². The molecule has 8 nitrogen and oxygen atoms in total. The Morgan fingerprint density at radius 3 is 2.72 bits per heavy atom. The summed E-state index contributed by atoms with van der Waals surface area (Å²) in [6.45, 7) is 6.96. The second kappa shape index (κ2) is 11.1. The number of nitrogens with two attached hydrogens (primary N) is 1. The Morgan fingerprint density at radius 1 is 1.31 bits per heavy atom. The van der Waals surface area contributed by atoms with Gasteiger partial charge in [0, 0.05) is 42.0 Å². The first kappa shape index (κ1) is 25.7. The van der Waals surface area contributed by atoms with Crippen LogP contribution in [0.25, 0.3) is 10.8 Å². The number of amides is 2. The number of alkyl halides is 1. The Kier molecular flexibility index (Phi) is 7.94. The number of pyridine rings is 1. The zero-order valence-electron chi connectivity index (χ0n) is 20.8. The van der Waals surface area contributed by atoms with Crippen molar-refractivity contribution in [1.29, 1.82) is 0 Å². The molecule has 0 bridgehead atoms. The number of aromatic nitrogens is 1. The summed E-state index contributed by atoms with van der Waals surface area (Å²) in [4.78, 5) is 28.6. The second-order valence-electron chi connectivity index (χ2n) is 9.46. The third-order valence-electron chi connectivity index (χ3n) is 6.55. The van der Waals surface area contributed by atoms with E-state index in [1.165, 1.54) is 0 Å². The number of ether oxygens (including phenoxy) is 3. The summed E-state index contributed by atoms with van der Waals surface area (Å²) in [5.74, 6) is 5.60. The van der Waals surface area contributed by atoms with Gasteiger partial charge in [-0.3, -0.25) is 9.59 Å². The minimum atomic E-state index is -1.56. The Bertz CT molecular complexity index is 1200. The lowest BCUT2D eigenvalue weighted by atomic mass is 9.97. The van der Waals surface area contributed by atoms with Gasteiger partial charge in [0.25, 0.3) is 11.8 Å². The highest BCUT2D eigenvalue weighted by atomic mass is 19.1. The van der Waals surface area contributed by atoms with E-state index in [4.69, 9.17) is 19.9 Å². The van der Waals surface area contributed by atoms with Crippen LogP contribution < -0.4 is 20.5 Å². The molecule has 3 heterocycles. The van der Waals surface area contributed by atoms with E-state index in [-0.39, 0.29) is 30.1 Å². The Balaban J connectivity index is 1.73. The number of rotatable bonds is 7. The molecule has 0 unspecified atom stereocenters. The number of hydrogen-bond donors (Lipinski definition) is 2. The van der Waals surface area contributed by atoms with Crippen LogP contribution in [-0.4, -0.2) is 54.9 Å². The lowest BCUT2D eigenvalue weighted by molar-refractivity contribution is -0.123. The lowest BCUT2D eigenvalue weighted by Gasteiger charge is -2.20. The van der Waals surface area contributed by atoms with Crippen molar-refractivity contribution in [3.05, 3.63) is 29.5 Å². The van der Waals surface area contributed by atoms with Crippen LogP contribution in [-0.2, 0) is 9.53 Å². The highest BCUT2D eigenvalue weighted by Gasteiger charge is 2.41. The van der Waals surface area contributed by atoms with Crippen LogP contribution in [0.3, 0.4) is 0 Å². The summed E-state index contributed by atoms with van der Waals surface area (Å²) >= 11 is 0. The van der Waals surface area contributed by atoms with Crippen molar-refractivity contribution in [2.45, 2.75) is 58.4 Å². The molecule has 2 aliphatic rings. The molecule has 2 fully saturated rings. The molecule has 3 N–H and O–H groups in total. The van der Waals surface area contributed by atoms with Crippen LogP contribution >= 0.6 is 0 Å². The fourth-order valence-electron chi connectivity index (χ4n) is 4.62. The number of nitrogens with zero attached hydrogens (tertiary/aromatic N) is 1. The van der Waals surface area contributed by atoms with Gasteiger partial charge in [0.1, 0.15) is 12.4 Å². The van der Waals surface area contributed by atoms with Crippen molar-refractivity contribution in [2.75, 3.05) is 19.8 Å². The van der Waals surface area contributed by atoms with Gasteiger partial charge in [0.05, 0.1) is 23.3 Å². The number of fused-ring (bicyclic) bond motifs is 1. The maximum atomic E-state index is 14.2. The molecule has 0 spiro atoms. The lowest BCUT2D eigenvalue weighted by Crippen LogP contribution is -2.34. The Labute approximate surface area is 210 Å². The SMILES string of the molecule is CC[C@@H]1[C@H](F)C(=O)N[C@@H]1COc1ncc(C#CC2CCOCC2)c2cc(C(N)=O)c(OC(C)C)cc12. The molecule has 2 aromatic rings. The van der Waals surface area contributed by atoms with Gasteiger partial charge in [-0.1, -0.05) is 18.8 Å². The van der Waals surface area contributed by atoms with E-state index in [9.17, 15) is 14.0 Å². The van der Waals surface area contributed by atoms with Gasteiger partial charge in [0.2, 0.25) is 5.88 Å². The van der Waals surface area contributed by atoms with Crippen molar-refractivity contribution in [2.24, 2.45) is 17.6 Å². The minimum absolute atomic E-state index is 0.0534. The first-order valence-electron chi connectivity index (χ1n) is 12.4. The minimum Gasteiger partial charge on any atom is -0.490 e. The third-order valence-corrected chi connectivity index (χ3v) is 6.55. The zero-order valence-corrected chi connectivity index (χ0v) is 20.8. The molecule has 36 heavy (non-hydrogen) atoms. The van der Waals surface area contributed by atoms with Gasteiger partial charge in [-0.25, -0.2) is 9.37 Å². The van der Waals surface area contributed by atoms with Crippen LogP contribution in [0.2, 0.25) is 0 Å². The quantitative estimate of drug-likeness (QED) is 0.569. The van der Waals surface area contributed by atoms with E-state index in [1.54, 1.807) is 18.3 Å². The molecule has 1 aromatic heterocycles. The predicted molar refractivity (Wildman–Crippen MR) is 133 cm³/mol. The van der Waals surface area contributed by atoms with E-state index < -0.39 is 29.9 Å². The molecular weight excluding hydrogens is 465 g/mol. The Morgan fingerprint density at radius 2 is 2.06 bits per heavy atom. The van der Waals surface area contributed by atoms with Gasteiger partial charge in [-0.2, -0.15) is 0 Å². The summed E-state index contributed by atoms with van der Waals surface area (Å²) in [6, 6.07) is 2.86. The number of carbonyl (C=O) groups is 2. The van der Waals surface area contributed by atoms with Crippen molar-refractivity contribution in [3.8, 4) is 23.5 Å². The van der Waals surface area contributed by atoms with Crippen molar-refractivity contribution >= 4 is 22.6 Å². The molecule has 0 aliphatic carbocycles. The van der Waals surface area contributed by atoms with E-state index in [2.05, 4.69) is 22.1 Å². The summed E-state index contributed by atoms with van der Waals surface area (Å²) in [6.07, 6.45) is 2.06. The fourth-order valence-corrected chi connectivity index (χ4v) is 4.62. The van der Waals surface area contributed by atoms with Gasteiger partial charge in [-0.15, -0.1) is 0 Å². The van der Waals surface area contributed by atoms with Gasteiger partial charge >= 0.3 is 0 Å². The van der Waals surface area contributed by atoms with E-state index in [0.29, 0.717) is 41.7 Å². The van der Waals surface area contributed by atoms with Crippen LogP contribution in [0.15, 0.2) is 18.3 Å². The summed E-state index contributed by atoms with van der Waals surface area (Å²) in [5, 5.41) is 3.90. The smallest absolute Gasteiger partial charge is 0.255 e. The third kappa shape index (κ3) is 5.54. The van der Waals surface area contributed by atoms with Gasteiger partial charge in [0.15, 0.2) is 6.17 Å². The molecular formula is C27H32FN3O5. The molecule has 2 saturated heterocycles. The van der Waals surface area contributed by atoms with Crippen LogP contribution in [0.5, 0.6) is 11.6 Å². The maximum absolute atomic E-state index is 14.2. The van der Waals surface area contributed by atoms with E-state index >= 15 is 0 Å². The molecule has 0 saturated carbocycles. The molecule has 4 rings (SSSR count). The number of nitrogens with one attached hydrogen (secondary N) is 1. The highest BCUT2D eigenvalue weighted by Crippen LogP contribution is 2.34. The number of benzene rings is 1. The highest BCUT2D eigenvalue weighted by molar-refractivity contribution is 6.03. The molecule has 2 amide bonds. The molecule has 1 aromatic carbocycles. The molecule has 2 aliphatic heterocycles. The molecule has 3 atom stereocenters. The van der Waals surface area contributed by atoms with Gasteiger partial charge < -0.3 is 25.3 Å². The van der Waals surface area contributed by atoms with E-state index in [1.807, 2.05) is 20.8 Å². The number of primary amides is 1. The standard InChI is InChI=1S/C27H32FN3O5/c1-4-18-22(31-26(33)24(18)28)14-35-27-20-12-23(36-15(2)3)21(25(29)32)11-19(20)17(13-30-27)6-5-16-7-9-34-10-8-16/h11-13,15-16,18,22,24H,4,7-10,14H2,1-3H3,(H2,29,32)(H,31,33)/t18-,22+,24-/m0/s1. The summed E-state index contributed by atoms with van der Waals surface area (Å²) in [7, 11) is 0. The summed E-state index contributed by atoms with van der Waals surface area (Å²) in [5.41, 5.74) is 6.53. The first-order valence-corrected chi connectivity index (χ1v) is 12.4. The molecule has 0 radical (unpaired) electrons. The van der Waals surface area contributed by atoms with Gasteiger partial charge in [-0.05, 0) is 45.2 Å². The van der Waals surface area contributed by atoms with Crippen molar-refractivity contribution < 1.29 is 28.2 Å². The first-order chi connectivity index (χ1) is 17.3. The predicted octanol–water partition coefficient (Wildman–Crippen LogP) is 3.14. The van der Waals surface area contributed by atoms with Crippen molar-refractivity contribution in [3.63, 3.8) is 0 Å². The van der Waals surface area contributed by atoms with Crippen molar-refractivity contribution in [1.82, 2.24) is 10.3 Å². The average Bonchev–Trinajstić information content (AvgIpc) is 3.13.